The largest absolute Gasteiger partial charge is 0.458 e. The van der Waals surface area contributed by atoms with Crippen LogP contribution in [0.3, 0.4) is 0 Å². The molecule has 0 N–H and O–H groups in total. The Morgan fingerprint density at radius 3 is 1.96 bits per heavy atom. The van der Waals surface area contributed by atoms with Crippen molar-refractivity contribution in [2.24, 2.45) is 0 Å². The van der Waals surface area contributed by atoms with Gasteiger partial charge in [-0.1, -0.05) is 169 Å². The molecule has 12 rings (SSSR count). The highest BCUT2D eigenvalue weighted by atomic mass is 16.5. The molecule has 4 heterocycles. The van der Waals surface area contributed by atoms with Crippen LogP contribution in [0.25, 0.3) is 94.5 Å². The molecule has 3 aromatic heterocycles. The number of aromatic nitrogens is 4. The Hall–Kier alpha value is -8.02. The van der Waals surface area contributed by atoms with Crippen LogP contribution in [-0.4, -0.2) is 14.1 Å². The second-order valence-electron chi connectivity index (χ2n) is 18.9. The zero-order valence-electron chi connectivity index (χ0n) is 50.7. The lowest BCUT2D eigenvalue weighted by Crippen LogP contribution is -2.35. The number of rotatable bonds is 5. The van der Waals surface area contributed by atoms with E-state index in [2.05, 4.69) is 49.9 Å². The minimum absolute atomic E-state index is 0.00655. The van der Waals surface area contributed by atoms with Crippen LogP contribution in [-0.2, 0) is 10.8 Å². The third-order valence-electron chi connectivity index (χ3n) is 12.6. The van der Waals surface area contributed by atoms with Crippen LogP contribution in [0.2, 0.25) is 0 Å². The molecular weight excluding hydrogens is 817 g/mol. The molecule has 5 heteroatoms. The highest BCUT2D eigenvalue weighted by Crippen LogP contribution is 2.46. The lowest BCUT2D eigenvalue weighted by atomic mass is 9.82. The van der Waals surface area contributed by atoms with Crippen LogP contribution in [0.5, 0.6) is 11.5 Å². The fourth-order valence-corrected chi connectivity index (χ4v) is 9.40. The molecule has 11 aromatic rings. The minimum atomic E-state index is -0.657. The molecule has 0 atom stereocenters. The maximum atomic E-state index is 9.77. The Labute approximate surface area is 410 Å². The van der Waals surface area contributed by atoms with Crippen molar-refractivity contribution in [2.75, 3.05) is 0 Å². The van der Waals surface area contributed by atoms with Crippen molar-refractivity contribution >= 4 is 32.8 Å². The third-order valence-corrected chi connectivity index (χ3v) is 12.6. The van der Waals surface area contributed by atoms with Gasteiger partial charge in [0, 0.05) is 23.0 Å². The molecule has 0 fully saturated rings. The number of fused-ring (bicyclic) bond motifs is 10. The molecular formula is C62H50N4O. The van der Waals surface area contributed by atoms with Crippen LogP contribution in [0, 0.1) is 6.33 Å². The van der Waals surface area contributed by atoms with Gasteiger partial charge in [0.25, 0.3) is 6.33 Å². The van der Waals surface area contributed by atoms with Gasteiger partial charge in [0.05, 0.1) is 51.3 Å². The van der Waals surface area contributed by atoms with Gasteiger partial charge < -0.3 is 4.74 Å². The molecule has 0 saturated carbocycles. The second-order valence-corrected chi connectivity index (χ2v) is 18.9. The van der Waals surface area contributed by atoms with Crippen molar-refractivity contribution in [3.8, 4) is 73.2 Å². The zero-order chi connectivity index (χ0) is 56.9. The van der Waals surface area contributed by atoms with E-state index in [0.717, 1.165) is 33.2 Å². The highest BCUT2D eigenvalue weighted by Gasteiger charge is 2.29. The smallest absolute Gasteiger partial charge is 0.269 e. The van der Waals surface area contributed by atoms with Crippen LogP contribution < -0.4 is 9.30 Å². The maximum absolute atomic E-state index is 9.77. The summed E-state index contributed by atoms with van der Waals surface area (Å²) in [5.74, 6) is 1.70. The van der Waals surface area contributed by atoms with Crippen LogP contribution in [0.1, 0.15) is 70.5 Å². The molecule has 0 spiro atoms. The van der Waals surface area contributed by atoms with Gasteiger partial charge in [-0.3, -0.25) is 13.7 Å². The first kappa shape index (κ1) is 28.8. The number of para-hydroxylation sites is 2. The molecule has 324 valence electrons. The van der Waals surface area contributed by atoms with E-state index in [9.17, 15) is 8.22 Å². The molecule has 5 nitrogen and oxygen atoms in total. The number of hydrogen-bond acceptors (Lipinski definition) is 2. The van der Waals surface area contributed by atoms with Gasteiger partial charge in [-0.2, -0.15) is 0 Å². The van der Waals surface area contributed by atoms with Gasteiger partial charge in [-0.15, -0.1) is 0 Å². The van der Waals surface area contributed by atoms with E-state index < -0.39 is 84.0 Å². The first-order valence-electron chi connectivity index (χ1n) is 28.6. The molecule has 0 unspecified atom stereocenters. The maximum Gasteiger partial charge on any atom is 0.269 e. The topological polar surface area (TPSA) is 35.9 Å². The Morgan fingerprint density at radius 1 is 0.537 bits per heavy atom. The predicted molar refractivity (Wildman–Crippen MR) is 275 cm³/mol. The molecule has 1 aliphatic heterocycles. The van der Waals surface area contributed by atoms with Gasteiger partial charge in [0.2, 0.25) is 0 Å². The average molecular weight is 880 g/mol. The predicted octanol–water partition coefficient (Wildman–Crippen LogP) is 15.6. The van der Waals surface area contributed by atoms with E-state index in [1.54, 1.807) is 33.4 Å². The minimum Gasteiger partial charge on any atom is -0.458 e. The zero-order valence-corrected chi connectivity index (χ0v) is 37.7. The Morgan fingerprint density at radius 2 is 1.21 bits per heavy atom. The van der Waals surface area contributed by atoms with Gasteiger partial charge in [0.15, 0.2) is 0 Å². The van der Waals surface area contributed by atoms with E-state index in [0.29, 0.717) is 45.0 Å². The standard InChI is InChI=1S/C62H50N4O/c1-61(2,3)42-32-33-63-58(36-42)66-55-29-15-14-26-50(55)51-31-30-45(38-56(51)66)67-44-21-16-20-43(37-44)64-39-65-59-52(27-17-28-54(59)62(4,5)6)48-24-12-10-22-46(48)47-23-11-13-25-49(47)53-34-41(35-57(64)60(53)65)40-18-8-7-9-19-40/h7-38H,1-6H3/i7D,8D,9D,10D,11D,12D,13D,18D,19D,22D,23D,24D,25D. The van der Waals surface area contributed by atoms with E-state index >= 15 is 0 Å². The number of imidazole rings is 1. The Bertz CT molecular complexity index is 4500. The van der Waals surface area contributed by atoms with Gasteiger partial charge in [0.1, 0.15) is 17.3 Å². The summed E-state index contributed by atoms with van der Waals surface area (Å²) in [4.78, 5) is 4.85. The van der Waals surface area contributed by atoms with Gasteiger partial charge >= 0.3 is 0 Å². The molecule has 0 saturated heterocycles. The van der Waals surface area contributed by atoms with Crippen molar-refractivity contribution in [3.63, 3.8) is 0 Å². The normalized spacial score (nSPS) is 15.0. The lowest BCUT2D eigenvalue weighted by Gasteiger charge is -2.26. The van der Waals surface area contributed by atoms with E-state index in [1.807, 2.05) is 87.6 Å². The molecule has 0 aliphatic carbocycles. The first-order chi connectivity index (χ1) is 37.9. The Kier molecular flexibility index (Phi) is 6.57. The summed E-state index contributed by atoms with van der Waals surface area (Å²) in [6.07, 6.45) is 5.42. The molecule has 8 aromatic carbocycles. The van der Waals surface area contributed by atoms with Crippen molar-refractivity contribution in [2.45, 2.75) is 52.4 Å². The van der Waals surface area contributed by atoms with E-state index in [4.69, 9.17) is 19.3 Å². The average Bonchev–Trinajstić information content (AvgIpc) is 2.47. The fraction of sp³-hybridized carbons (Fsp3) is 0.129. The van der Waals surface area contributed by atoms with Crippen LogP contribution in [0.4, 0.5) is 0 Å². The number of hydrogen-bond donors (Lipinski definition) is 0. The summed E-state index contributed by atoms with van der Waals surface area (Å²) < 4.78 is 132. The quantitative estimate of drug-likeness (QED) is 0.128. The SMILES string of the molecule is [2H]c1c([2H])c([2H])c(-c2cc3c4c(c2)n(-c2cccc(Oc5ccc6c7ccccc7n(-c7cc(C(C)(C)C)ccn7)c6c5)c2)[c-][n+]4-c2c(cccc2C(C)(C)C)-c2c([2H])c([2H])c([2H])c([2H])c2-c2c([2H])c([2H])c([2H])c([2H])c2-3)c([2H])c1[2H]. The van der Waals surface area contributed by atoms with Gasteiger partial charge in [-0.05, 0) is 121 Å². The van der Waals surface area contributed by atoms with Crippen molar-refractivity contribution < 1.29 is 27.1 Å². The fourth-order valence-electron chi connectivity index (χ4n) is 9.40. The number of benzene rings is 8. The number of ether oxygens (including phenoxy) is 1. The molecule has 67 heavy (non-hydrogen) atoms. The summed E-state index contributed by atoms with van der Waals surface area (Å²) in [5, 5.41) is 2.05. The van der Waals surface area contributed by atoms with Crippen LogP contribution >= 0.6 is 0 Å². The first-order valence-corrected chi connectivity index (χ1v) is 22.1. The van der Waals surface area contributed by atoms with Crippen LogP contribution in [0.15, 0.2) is 194 Å². The lowest BCUT2D eigenvalue weighted by molar-refractivity contribution is -0.572. The molecule has 0 radical (unpaired) electrons. The second kappa shape index (κ2) is 15.3. The number of nitrogens with zero attached hydrogens (tertiary/aromatic N) is 4. The van der Waals surface area contributed by atoms with E-state index in [-0.39, 0.29) is 44.4 Å². The molecule has 1 aliphatic rings. The Balaban J connectivity index is 1.18. The summed E-state index contributed by atoms with van der Waals surface area (Å²) in [6, 6.07) is 26.8. The monoisotopic (exact) mass is 879 g/mol. The summed E-state index contributed by atoms with van der Waals surface area (Å²) in [5.41, 5.74) is 4.27. The highest BCUT2D eigenvalue weighted by molar-refractivity contribution is 6.09. The summed E-state index contributed by atoms with van der Waals surface area (Å²) in [6.45, 7) is 12.5. The number of pyridine rings is 1. The summed E-state index contributed by atoms with van der Waals surface area (Å²) in [7, 11) is 0. The third kappa shape index (κ3) is 6.76. The molecule has 0 amide bonds. The van der Waals surface area contributed by atoms with Crippen molar-refractivity contribution in [1.82, 2.24) is 14.1 Å². The van der Waals surface area contributed by atoms with Crippen molar-refractivity contribution in [1.29, 1.82) is 0 Å². The molecule has 0 bridgehead atoms. The van der Waals surface area contributed by atoms with Crippen molar-refractivity contribution in [3.05, 3.63) is 211 Å². The van der Waals surface area contributed by atoms with E-state index in [1.165, 1.54) is 6.07 Å². The summed E-state index contributed by atoms with van der Waals surface area (Å²) >= 11 is 0. The van der Waals surface area contributed by atoms with Gasteiger partial charge in [-0.25, -0.2) is 4.98 Å².